The number of anilines is 2. The van der Waals surface area contributed by atoms with Gasteiger partial charge in [0.2, 0.25) is 5.91 Å². The minimum absolute atomic E-state index is 0.126. The Morgan fingerprint density at radius 2 is 2.12 bits per heavy atom. The molecule has 1 N–H and O–H groups in total. The minimum Gasteiger partial charge on any atom is -0.462 e. The molecule has 0 fully saturated rings. The molecule has 0 aliphatic carbocycles. The molecule has 2 heterocycles. The average Bonchev–Trinajstić information content (AvgIpc) is 3.12. The smallest absolute Gasteiger partial charge is 0.341 e. The van der Waals surface area contributed by atoms with Gasteiger partial charge in [-0.3, -0.25) is 4.79 Å². The fraction of sp³-hybridized carbons (Fsp3) is 0.333. The second-order valence-corrected chi connectivity index (χ2v) is 6.93. The van der Waals surface area contributed by atoms with Crippen molar-refractivity contribution in [3.8, 4) is 0 Å². The van der Waals surface area contributed by atoms with E-state index < -0.39 is 5.97 Å². The molecule has 24 heavy (non-hydrogen) atoms. The van der Waals surface area contributed by atoms with E-state index >= 15 is 0 Å². The third-order valence-electron chi connectivity index (χ3n) is 3.92. The van der Waals surface area contributed by atoms with E-state index in [1.807, 2.05) is 25.1 Å². The summed E-state index contributed by atoms with van der Waals surface area (Å²) in [6.45, 7) is 5.09. The molecule has 0 spiro atoms. The maximum Gasteiger partial charge on any atom is 0.341 e. The summed E-state index contributed by atoms with van der Waals surface area (Å²) in [5.41, 5.74) is 2.81. The van der Waals surface area contributed by atoms with Crippen molar-refractivity contribution in [2.45, 2.75) is 20.3 Å². The second kappa shape index (κ2) is 7.05. The summed E-state index contributed by atoms with van der Waals surface area (Å²) < 4.78 is 5.05. The number of hydrogen-bond donors (Lipinski definition) is 1. The van der Waals surface area contributed by atoms with E-state index in [2.05, 4.69) is 16.3 Å². The Morgan fingerprint density at radius 1 is 1.33 bits per heavy atom. The van der Waals surface area contributed by atoms with Crippen LogP contribution in [-0.2, 0) is 16.0 Å². The number of carbonyl (C=O) groups is 2. The standard InChI is InChI=1S/C18H20N2O3S/c1-3-23-18(22)14-10-12(2)24-17(14)19-16(21)11-20-9-8-13-6-4-5-7-15(13)20/h4-7,10H,3,8-9,11H2,1-2H3,(H,19,21). The lowest BCUT2D eigenvalue weighted by molar-refractivity contribution is -0.114. The van der Waals surface area contributed by atoms with Crippen LogP contribution in [0.15, 0.2) is 30.3 Å². The van der Waals surface area contributed by atoms with Gasteiger partial charge in [-0.15, -0.1) is 11.3 Å². The lowest BCUT2D eigenvalue weighted by Crippen LogP contribution is -2.32. The van der Waals surface area contributed by atoms with E-state index in [0.717, 1.165) is 23.5 Å². The molecule has 1 aliphatic rings. The van der Waals surface area contributed by atoms with Crippen LogP contribution in [0.5, 0.6) is 0 Å². The highest BCUT2D eigenvalue weighted by Crippen LogP contribution is 2.30. The third-order valence-corrected chi connectivity index (χ3v) is 4.89. The highest BCUT2D eigenvalue weighted by Gasteiger charge is 2.22. The van der Waals surface area contributed by atoms with Crippen LogP contribution in [0.2, 0.25) is 0 Å². The monoisotopic (exact) mass is 344 g/mol. The Hall–Kier alpha value is -2.34. The van der Waals surface area contributed by atoms with Gasteiger partial charge in [0.15, 0.2) is 0 Å². The van der Waals surface area contributed by atoms with Crippen molar-refractivity contribution in [1.29, 1.82) is 0 Å². The summed E-state index contributed by atoms with van der Waals surface area (Å²) in [5, 5.41) is 3.42. The van der Waals surface area contributed by atoms with Crippen molar-refractivity contribution < 1.29 is 14.3 Å². The molecule has 1 aliphatic heterocycles. The molecule has 6 heteroatoms. The molecule has 5 nitrogen and oxygen atoms in total. The van der Waals surface area contributed by atoms with Crippen LogP contribution in [0.3, 0.4) is 0 Å². The first-order valence-electron chi connectivity index (χ1n) is 7.98. The summed E-state index contributed by atoms with van der Waals surface area (Å²) in [6, 6.07) is 9.88. The Balaban J connectivity index is 1.69. The molecule has 0 radical (unpaired) electrons. The summed E-state index contributed by atoms with van der Waals surface area (Å²) in [4.78, 5) is 27.4. The van der Waals surface area contributed by atoms with Gasteiger partial charge in [0, 0.05) is 17.1 Å². The van der Waals surface area contributed by atoms with Crippen LogP contribution in [0, 0.1) is 6.92 Å². The quantitative estimate of drug-likeness (QED) is 0.846. The summed E-state index contributed by atoms with van der Waals surface area (Å²) in [7, 11) is 0. The van der Waals surface area contributed by atoms with Crippen molar-refractivity contribution in [1.82, 2.24) is 0 Å². The fourth-order valence-electron chi connectivity index (χ4n) is 2.88. The number of ether oxygens (including phenoxy) is 1. The van der Waals surface area contributed by atoms with E-state index in [1.54, 1.807) is 13.0 Å². The highest BCUT2D eigenvalue weighted by atomic mass is 32.1. The molecule has 1 amide bonds. The minimum atomic E-state index is -0.399. The van der Waals surface area contributed by atoms with Gasteiger partial charge >= 0.3 is 5.97 Å². The predicted octanol–water partition coefficient (Wildman–Crippen LogP) is 3.23. The van der Waals surface area contributed by atoms with Crippen LogP contribution in [0.25, 0.3) is 0 Å². The molecule has 0 unspecified atom stereocenters. The zero-order chi connectivity index (χ0) is 17.1. The molecular weight excluding hydrogens is 324 g/mol. The SMILES string of the molecule is CCOC(=O)c1cc(C)sc1NC(=O)CN1CCc2ccccc21. The summed E-state index contributed by atoms with van der Waals surface area (Å²) >= 11 is 1.39. The van der Waals surface area contributed by atoms with Crippen LogP contribution >= 0.6 is 11.3 Å². The average molecular weight is 344 g/mol. The maximum absolute atomic E-state index is 12.4. The number of thiophene rings is 1. The van der Waals surface area contributed by atoms with Gasteiger partial charge in [-0.1, -0.05) is 18.2 Å². The summed E-state index contributed by atoms with van der Waals surface area (Å²) in [5.74, 6) is -0.525. The Bertz CT molecular complexity index is 769. The van der Waals surface area contributed by atoms with E-state index in [0.29, 0.717) is 17.2 Å². The van der Waals surface area contributed by atoms with E-state index in [-0.39, 0.29) is 12.5 Å². The number of benzene rings is 1. The molecule has 0 saturated heterocycles. The predicted molar refractivity (Wildman–Crippen MR) is 96.0 cm³/mol. The molecule has 1 aromatic heterocycles. The number of amides is 1. The largest absolute Gasteiger partial charge is 0.462 e. The normalized spacial score (nSPS) is 12.8. The molecule has 0 bridgehead atoms. The van der Waals surface area contributed by atoms with Crippen molar-refractivity contribution in [2.24, 2.45) is 0 Å². The zero-order valence-electron chi connectivity index (χ0n) is 13.8. The van der Waals surface area contributed by atoms with Crippen molar-refractivity contribution in [3.63, 3.8) is 0 Å². The number of carbonyl (C=O) groups excluding carboxylic acids is 2. The van der Waals surface area contributed by atoms with Crippen molar-refractivity contribution in [2.75, 3.05) is 29.9 Å². The maximum atomic E-state index is 12.4. The number of esters is 1. The molecular formula is C18H20N2O3S. The molecule has 2 aromatic rings. The van der Waals surface area contributed by atoms with E-state index in [9.17, 15) is 9.59 Å². The van der Waals surface area contributed by atoms with Crippen LogP contribution in [0.4, 0.5) is 10.7 Å². The first kappa shape index (κ1) is 16.5. The number of para-hydroxylation sites is 1. The van der Waals surface area contributed by atoms with Crippen LogP contribution < -0.4 is 10.2 Å². The van der Waals surface area contributed by atoms with Gasteiger partial charge in [0.1, 0.15) is 5.00 Å². The lowest BCUT2D eigenvalue weighted by atomic mass is 10.2. The molecule has 3 rings (SSSR count). The Morgan fingerprint density at radius 3 is 2.92 bits per heavy atom. The van der Waals surface area contributed by atoms with E-state index in [1.165, 1.54) is 16.9 Å². The van der Waals surface area contributed by atoms with Gasteiger partial charge in [0.25, 0.3) is 0 Å². The van der Waals surface area contributed by atoms with Crippen LogP contribution in [0.1, 0.15) is 27.7 Å². The zero-order valence-corrected chi connectivity index (χ0v) is 14.6. The first-order valence-corrected chi connectivity index (χ1v) is 8.80. The lowest BCUT2D eigenvalue weighted by Gasteiger charge is -2.18. The van der Waals surface area contributed by atoms with Gasteiger partial charge in [-0.2, -0.15) is 0 Å². The van der Waals surface area contributed by atoms with Gasteiger partial charge in [-0.25, -0.2) is 4.79 Å². The van der Waals surface area contributed by atoms with Crippen molar-refractivity contribution in [3.05, 3.63) is 46.3 Å². The topological polar surface area (TPSA) is 58.6 Å². The Labute approximate surface area is 145 Å². The van der Waals surface area contributed by atoms with Crippen LogP contribution in [-0.4, -0.2) is 31.6 Å². The fourth-order valence-corrected chi connectivity index (χ4v) is 3.79. The van der Waals surface area contributed by atoms with Gasteiger partial charge in [-0.05, 0) is 38.0 Å². The number of nitrogens with zero attached hydrogens (tertiary/aromatic N) is 1. The van der Waals surface area contributed by atoms with E-state index in [4.69, 9.17) is 4.74 Å². The molecule has 0 atom stereocenters. The molecule has 0 saturated carbocycles. The number of rotatable bonds is 5. The molecule has 126 valence electrons. The second-order valence-electron chi connectivity index (χ2n) is 5.67. The third kappa shape index (κ3) is 3.43. The number of hydrogen-bond acceptors (Lipinski definition) is 5. The Kier molecular flexibility index (Phi) is 4.85. The summed E-state index contributed by atoms with van der Waals surface area (Å²) in [6.07, 6.45) is 0.954. The molecule has 1 aromatic carbocycles. The number of aryl methyl sites for hydroxylation is 1. The van der Waals surface area contributed by atoms with Gasteiger partial charge in [0.05, 0.1) is 18.7 Å². The first-order chi connectivity index (χ1) is 11.6. The van der Waals surface area contributed by atoms with Gasteiger partial charge < -0.3 is 15.0 Å². The van der Waals surface area contributed by atoms with Crippen molar-refractivity contribution >= 4 is 33.9 Å². The number of fused-ring (bicyclic) bond motifs is 1. The number of nitrogens with one attached hydrogen (secondary N) is 1. The highest BCUT2D eigenvalue weighted by molar-refractivity contribution is 7.16.